The van der Waals surface area contributed by atoms with Crippen molar-refractivity contribution in [3.63, 3.8) is 0 Å². The number of piperidine rings is 1. The van der Waals surface area contributed by atoms with Gasteiger partial charge in [0.1, 0.15) is 5.75 Å². The van der Waals surface area contributed by atoms with E-state index >= 15 is 0 Å². The third-order valence-electron chi connectivity index (χ3n) is 6.89. The number of hydrogen-bond acceptors (Lipinski definition) is 7. The van der Waals surface area contributed by atoms with Gasteiger partial charge < -0.3 is 33.5 Å². The number of halogens is 1. The highest BCUT2D eigenvalue weighted by Gasteiger charge is 2.33. The fourth-order valence-electron chi connectivity index (χ4n) is 5.05. The van der Waals surface area contributed by atoms with E-state index in [4.69, 9.17) is 23.7 Å². The number of hydrogen-bond donors (Lipinski definition) is 0. The molecule has 2 heterocycles. The molecule has 1 amide bonds. The van der Waals surface area contributed by atoms with Gasteiger partial charge >= 0.3 is 0 Å². The Morgan fingerprint density at radius 2 is 1.58 bits per heavy atom. The number of methoxy groups -OCH3 is 4. The van der Waals surface area contributed by atoms with Gasteiger partial charge in [-0.15, -0.1) is 12.4 Å². The van der Waals surface area contributed by atoms with Gasteiger partial charge in [0.2, 0.25) is 0 Å². The third-order valence-corrected chi connectivity index (χ3v) is 6.89. The first-order chi connectivity index (χ1) is 17.1. The average Bonchev–Trinajstić information content (AvgIpc) is 2.90. The molecule has 0 N–H and O–H groups in total. The fourth-order valence-corrected chi connectivity index (χ4v) is 5.05. The van der Waals surface area contributed by atoms with E-state index in [1.807, 2.05) is 30.3 Å². The zero-order valence-electron chi connectivity index (χ0n) is 21.6. The van der Waals surface area contributed by atoms with Gasteiger partial charge in [0.25, 0.3) is 5.91 Å². The van der Waals surface area contributed by atoms with Crippen molar-refractivity contribution < 1.29 is 28.5 Å². The van der Waals surface area contributed by atoms with Crippen LogP contribution in [-0.4, -0.2) is 83.0 Å². The minimum absolute atomic E-state index is 0. The molecule has 0 saturated carbocycles. The highest BCUT2D eigenvalue weighted by Crippen LogP contribution is 2.34. The van der Waals surface area contributed by atoms with E-state index in [2.05, 4.69) is 9.80 Å². The minimum Gasteiger partial charge on any atom is -0.493 e. The van der Waals surface area contributed by atoms with Crippen molar-refractivity contribution in [2.75, 3.05) is 61.2 Å². The molecular weight excluding hydrogens is 484 g/mol. The van der Waals surface area contributed by atoms with Gasteiger partial charge in [-0.1, -0.05) is 0 Å². The van der Waals surface area contributed by atoms with Crippen LogP contribution in [0.2, 0.25) is 0 Å². The van der Waals surface area contributed by atoms with Gasteiger partial charge in [-0.3, -0.25) is 4.79 Å². The van der Waals surface area contributed by atoms with Gasteiger partial charge in [0.05, 0.1) is 35.0 Å². The summed E-state index contributed by atoms with van der Waals surface area (Å²) < 4.78 is 27.4. The van der Waals surface area contributed by atoms with E-state index in [0.29, 0.717) is 29.6 Å². The summed E-state index contributed by atoms with van der Waals surface area (Å²) in [7, 11) is 6.46. The SMILES string of the molecule is COc1ccc(OCCCN2CCCC(N3CCc4cc(OC)c(OC)cc4C3=O)C2)cc1OC.Cl. The first-order valence-electron chi connectivity index (χ1n) is 12.2. The lowest BCUT2D eigenvalue weighted by molar-refractivity contribution is 0.0517. The van der Waals surface area contributed by atoms with Gasteiger partial charge in [-0.05, 0) is 62.1 Å². The number of benzene rings is 2. The van der Waals surface area contributed by atoms with Crippen LogP contribution >= 0.6 is 12.4 Å². The predicted octanol–water partition coefficient (Wildman–Crippen LogP) is 4.07. The lowest BCUT2D eigenvalue weighted by atomic mass is 9.94. The van der Waals surface area contributed by atoms with Crippen molar-refractivity contribution in [3.05, 3.63) is 41.5 Å². The molecule has 1 fully saturated rings. The standard InChI is InChI=1S/C27H36N2O6.ClH/c1-31-23-9-8-21(16-25(23)33-3)35-14-6-12-28-11-5-7-20(18-28)29-13-10-19-15-24(32-2)26(34-4)17-22(19)27(29)30;/h8-9,15-17,20H,5-7,10-14,18H2,1-4H3;1H. The maximum Gasteiger partial charge on any atom is 0.254 e. The number of ether oxygens (including phenoxy) is 5. The number of nitrogens with zero attached hydrogens (tertiary/aromatic N) is 2. The van der Waals surface area contributed by atoms with Gasteiger partial charge in [-0.2, -0.15) is 0 Å². The van der Waals surface area contributed by atoms with Crippen LogP contribution in [-0.2, 0) is 6.42 Å². The van der Waals surface area contributed by atoms with Gasteiger partial charge in [0.15, 0.2) is 23.0 Å². The summed E-state index contributed by atoms with van der Waals surface area (Å²) in [4.78, 5) is 17.9. The maximum atomic E-state index is 13.4. The highest BCUT2D eigenvalue weighted by molar-refractivity contribution is 5.97. The Balaban J connectivity index is 0.00000361. The number of fused-ring (bicyclic) bond motifs is 1. The summed E-state index contributed by atoms with van der Waals surface area (Å²) in [6.45, 7) is 4.24. The smallest absolute Gasteiger partial charge is 0.254 e. The fraction of sp³-hybridized carbons (Fsp3) is 0.519. The maximum absolute atomic E-state index is 13.4. The summed E-state index contributed by atoms with van der Waals surface area (Å²) in [6.07, 6.45) is 3.86. The second-order valence-corrected chi connectivity index (χ2v) is 8.93. The van der Waals surface area contributed by atoms with E-state index in [-0.39, 0.29) is 24.4 Å². The van der Waals surface area contributed by atoms with Crippen LogP contribution in [0, 0.1) is 0 Å². The zero-order valence-corrected chi connectivity index (χ0v) is 22.4. The Kier molecular flexibility index (Phi) is 9.96. The Morgan fingerprint density at radius 1 is 0.889 bits per heavy atom. The summed E-state index contributed by atoms with van der Waals surface area (Å²) >= 11 is 0. The lowest BCUT2D eigenvalue weighted by Crippen LogP contribution is -2.52. The Morgan fingerprint density at radius 3 is 2.31 bits per heavy atom. The van der Waals surface area contributed by atoms with Crippen LogP contribution in [0.15, 0.2) is 30.3 Å². The first-order valence-corrected chi connectivity index (χ1v) is 12.2. The van der Waals surface area contributed by atoms with Crippen LogP contribution in [0.4, 0.5) is 0 Å². The monoisotopic (exact) mass is 520 g/mol. The van der Waals surface area contributed by atoms with Crippen LogP contribution in [0.1, 0.15) is 35.2 Å². The van der Waals surface area contributed by atoms with Crippen molar-refractivity contribution in [2.24, 2.45) is 0 Å². The van der Waals surface area contributed by atoms with E-state index < -0.39 is 0 Å². The summed E-state index contributed by atoms with van der Waals surface area (Å²) in [5.74, 6) is 3.48. The molecule has 0 bridgehead atoms. The molecule has 2 aromatic rings. The van der Waals surface area contributed by atoms with Gasteiger partial charge in [0, 0.05) is 37.3 Å². The molecule has 1 atom stereocenters. The molecule has 0 aliphatic carbocycles. The topological polar surface area (TPSA) is 69.7 Å². The Labute approximate surface area is 219 Å². The molecular formula is C27H37ClN2O6. The van der Waals surface area contributed by atoms with Crippen molar-refractivity contribution in [1.29, 1.82) is 0 Å². The largest absolute Gasteiger partial charge is 0.493 e. The molecule has 8 nitrogen and oxygen atoms in total. The van der Waals surface area contributed by atoms with Crippen LogP contribution in [0.3, 0.4) is 0 Å². The molecule has 36 heavy (non-hydrogen) atoms. The number of likely N-dealkylation sites (tertiary alicyclic amines) is 1. The minimum atomic E-state index is 0. The van der Waals surface area contributed by atoms with Crippen LogP contribution in [0.25, 0.3) is 0 Å². The van der Waals surface area contributed by atoms with Crippen LogP contribution < -0.4 is 23.7 Å². The number of rotatable bonds is 10. The summed E-state index contributed by atoms with van der Waals surface area (Å²) in [5.41, 5.74) is 1.76. The normalized spacial score (nSPS) is 17.6. The third kappa shape index (κ3) is 6.10. The van der Waals surface area contributed by atoms with Crippen molar-refractivity contribution >= 4 is 18.3 Å². The van der Waals surface area contributed by atoms with Crippen molar-refractivity contribution in [1.82, 2.24) is 9.80 Å². The average molecular weight is 521 g/mol. The summed E-state index contributed by atoms with van der Waals surface area (Å²) in [6, 6.07) is 9.58. The molecule has 0 aromatic heterocycles. The van der Waals surface area contributed by atoms with Crippen LogP contribution in [0.5, 0.6) is 28.7 Å². The Bertz CT molecular complexity index is 1030. The lowest BCUT2D eigenvalue weighted by Gasteiger charge is -2.41. The number of amides is 1. The second kappa shape index (κ2) is 12.9. The van der Waals surface area contributed by atoms with Crippen molar-refractivity contribution in [2.45, 2.75) is 31.7 Å². The van der Waals surface area contributed by atoms with E-state index in [9.17, 15) is 4.79 Å². The molecule has 0 spiro atoms. The highest BCUT2D eigenvalue weighted by atomic mass is 35.5. The van der Waals surface area contributed by atoms with Crippen molar-refractivity contribution in [3.8, 4) is 28.7 Å². The predicted molar refractivity (Wildman–Crippen MR) is 141 cm³/mol. The molecule has 9 heteroatoms. The molecule has 198 valence electrons. The summed E-state index contributed by atoms with van der Waals surface area (Å²) in [5, 5.41) is 0. The molecule has 2 aliphatic rings. The number of carbonyl (C=O) groups is 1. The second-order valence-electron chi connectivity index (χ2n) is 8.93. The molecule has 2 aromatic carbocycles. The quantitative estimate of drug-likeness (QED) is 0.437. The zero-order chi connectivity index (χ0) is 24.8. The molecule has 0 radical (unpaired) electrons. The molecule has 4 rings (SSSR count). The number of carbonyl (C=O) groups excluding carboxylic acids is 1. The van der Waals surface area contributed by atoms with E-state index in [1.165, 1.54) is 0 Å². The van der Waals surface area contributed by atoms with E-state index in [0.717, 1.165) is 68.7 Å². The molecule has 1 saturated heterocycles. The van der Waals surface area contributed by atoms with E-state index in [1.54, 1.807) is 28.4 Å². The van der Waals surface area contributed by atoms with Gasteiger partial charge in [-0.25, -0.2) is 0 Å². The molecule has 1 unspecified atom stereocenters. The molecule has 2 aliphatic heterocycles. The first kappa shape index (κ1) is 27.7. The Hall–Kier alpha value is -2.84.